The van der Waals surface area contributed by atoms with Gasteiger partial charge >= 0.3 is 5.97 Å². The van der Waals surface area contributed by atoms with Crippen molar-refractivity contribution >= 4 is 11.9 Å². The highest BCUT2D eigenvalue weighted by atomic mass is 16.5. The number of hydrogen-bond donors (Lipinski definition) is 2. The summed E-state index contributed by atoms with van der Waals surface area (Å²) in [5.41, 5.74) is 0.704. The number of hydrogen-bond acceptors (Lipinski definition) is 4. The summed E-state index contributed by atoms with van der Waals surface area (Å²) in [5.74, 6) is -0.506. The maximum atomic E-state index is 11.7. The Hall–Kier alpha value is -1.85. The third kappa shape index (κ3) is 5.11. The molecule has 1 atom stereocenters. The summed E-state index contributed by atoms with van der Waals surface area (Å²) in [6.45, 7) is 4.29. The van der Waals surface area contributed by atoms with E-state index in [0.717, 1.165) is 12.8 Å². The van der Waals surface area contributed by atoms with Gasteiger partial charge in [0.25, 0.3) is 5.91 Å². The molecular formula is C13H20N2O4. The van der Waals surface area contributed by atoms with Crippen molar-refractivity contribution in [1.82, 2.24) is 10.5 Å². The number of carboxylic acids is 1. The standard InChI is InChI=1S/C13H20N2O4/c1-3-10(4-5-11(16)17)6-7-14-13(18)12-9(2)8-15-19-12/h8,10H,3-7H2,1-2H3,(H,14,18)(H,16,17). The lowest BCUT2D eigenvalue weighted by atomic mass is 9.96. The number of nitrogens with one attached hydrogen (secondary N) is 1. The molecule has 1 aromatic heterocycles. The van der Waals surface area contributed by atoms with E-state index in [2.05, 4.69) is 10.5 Å². The second-order valence-electron chi connectivity index (χ2n) is 4.59. The number of carbonyl (C=O) groups is 2. The molecule has 19 heavy (non-hydrogen) atoms. The fourth-order valence-corrected chi connectivity index (χ4v) is 1.86. The third-order valence-electron chi connectivity index (χ3n) is 3.14. The monoisotopic (exact) mass is 268 g/mol. The van der Waals surface area contributed by atoms with Crippen LogP contribution in [0.2, 0.25) is 0 Å². The fraction of sp³-hybridized carbons (Fsp3) is 0.615. The van der Waals surface area contributed by atoms with Crippen molar-refractivity contribution in [3.63, 3.8) is 0 Å². The second-order valence-corrected chi connectivity index (χ2v) is 4.59. The lowest BCUT2D eigenvalue weighted by Crippen LogP contribution is -2.26. The summed E-state index contributed by atoms with van der Waals surface area (Å²) < 4.78 is 4.85. The number of carboxylic acid groups (broad SMARTS) is 1. The first kappa shape index (κ1) is 15.2. The van der Waals surface area contributed by atoms with Crippen LogP contribution in [0.1, 0.15) is 48.7 Å². The second kappa shape index (κ2) is 7.56. The molecule has 0 aromatic carbocycles. The van der Waals surface area contributed by atoms with Gasteiger partial charge in [0.2, 0.25) is 5.76 Å². The number of rotatable bonds is 8. The molecule has 6 nitrogen and oxygen atoms in total. The van der Waals surface area contributed by atoms with Gasteiger partial charge in [0.15, 0.2) is 0 Å². The molecule has 0 aliphatic carbocycles. The lowest BCUT2D eigenvalue weighted by Gasteiger charge is -2.13. The van der Waals surface area contributed by atoms with E-state index < -0.39 is 5.97 Å². The van der Waals surface area contributed by atoms with Crippen LogP contribution in [0.25, 0.3) is 0 Å². The molecule has 0 aliphatic heterocycles. The highest BCUT2D eigenvalue weighted by Crippen LogP contribution is 2.15. The maximum absolute atomic E-state index is 11.7. The number of nitrogens with zero attached hydrogens (tertiary/aromatic N) is 1. The largest absolute Gasteiger partial charge is 0.481 e. The molecule has 1 rings (SSSR count). The van der Waals surface area contributed by atoms with E-state index in [0.29, 0.717) is 24.4 Å². The normalized spacial score (nSPS) is 12.1. The zero-order chi connectivity index (χ0) is 14.3. The highest BCUT2D eigenvalue weighted by Gasteiger charge is 2.14. The van der Waals surface area contributed by atoms with Crippen LogP contribution in [0.3, 0.4) is 0 Å². The minimum Gasteiger partial charge on any atom is -0.481 e. The molecule has 1 unspecified atom stereocenters. The Morgan fingerprint density at radius 3 is 2.74 bits per heavy atom. The highest BCUT2D eigenvalue weighted by molar-refractivity contribution is 5.92. The summed E-state index contributed by atoms with van der Waals surface area (Å²) in [7, 11) is 0. The molecule has 0 bridgehead atoms. The molecule has 0 saturated carbocycles. The van der Waals surface area contributed by atoms with Gasteiger partial charge in [-0.3, -0.25) is 9.59 Å². The minimum atomic E-state index is -0.778. The molecule has 0 spiro atoms. The van der Waals surface area contributed by atoms with Crippen molar-refractivity contribution in [3.8, 4) is 0 Å². The number of amides is 1. The van der Waals surface area contributed by atoms with Crippen molar-refractivity contribution in [2.45, 2.75) is 39.5 Å². The molecule has 1 amide bonds. The Morgan fingerprint density at radius 2 is 2.21 bits per heavy atom. The third-order valence-corrected chi connectivity index (χ3v) is 3.14. The Kier molecular flexibility index (Phi) is 6.05. The minimum absolute atomic E-state index is 0.174. The molecule has 0 aliphatic rings. The first-order valence-electron chi connectivity index (χ1n) is 6.45. The summed E-state index contributed by atoms with van der Waals surface area (Å²) >= 11 is 0. The van der Waals surface area contributed by atoms with Gasteiger partial charge in [-0.05, 0) is 25.7 Å². The average molecular weight is 268 g/mol. The topological polar surface area (TPSA) is 92.4 Å². The maximum Gasteiger partial charge on any atom is 0.303 e. The SMILES string of the molecule is CCC(CCNC(=O)c1oncc1C)CCC(=O)O. The molecule has 2 N–H and O–H groups in total. The smallest absolute Gasteiger partial charge is 0.303 e. The molecule has 106 valence electrons. The summed E-state index contributed by atoms with van der Waals surface area (Å²) in [5, 5.41) is 14.9. The van der Waals surface area contributed by atoms with Crippen LogP contribution in [0, 0.1) is 12.8 Å². The van der Waals surface area contributed by atoms with Crippen molar-refractivity contribution < 1.29 is 19.2 Å². The van der Waals surface area contributed by atoms with Gasteiger partial charge in [-0.15, -0.1) is 0 Å². The van der Waals surface area contributed by atoms with Crippen LogP contribution in [-0.4, -0.2) is 28.7 Å². The zero-order valence-corrected chi connectivity index (χ0v) is 11.3. The predicted molar refractivity (Wildman–Crippen MR) is 68.8 cm³/mol. The van der Waals surface area contributed by atoms with E-state index in [-0.39, 0.29) is 18.1 Å². The van der Waals surface area contributed by atoms with Crippen LogP contribution in [0.15, 0.2) is 10.7 Å². The van der Waals surface area contributed by atoms with Gasteiger partial charge in [-0.25, -0.2) is 0 Å². The Bertz CT molecular complexity index is 428. The Labute approximate surface area is 112 Å². The Morgan fingerprint density at radius 1 is 1.47 bits per heavy atom. The van der Waals surface area contributed by atoms with Gasteiger partial charge in [0, 0.05) is 18.5 Å². The number of carbonyl (C=O) groups excluding carboxylic acids is 1. The van der Waals surface area contributed by atoms with Crippen molar-refractivity contribution in [3.05, 3.63) is 17.5 Å². The number of aromatic nitrogens is 1. The Balaban J connectivity index is 2.30. The van der Waals surface area contributed by atoms with Gasteiger partial charge in [-0.1, -0.05) is 18.5 Å². The molecule has 1 aromatic rings. The van der Waals surface area contributed by atoms with Gasteiger partial charge in [-0.2, -0.15) is 0 Å². The predicted octanol–water partition coefficient (Wildman–Crippen LogP) is 1.99. The number of aliphatic carboxylic acids is 1. The summed E-state index contributed by atoms with van der Waals surface area (Å²) in [6, 6.07) is 0. The molecular weight excluding hydrogens is 248 g/mol. The lowest BCUT2D eigenvalue weighted by molar-refractivity contribution is -0.137. The average Bonchev–Trinajstić information content (AvgIpc) is 2.79. The van der Waals surface area contributed by atoms with Crippen molar-refractivity contribution in [2.75, 3.05) is 6.54 Å². The van der Waals surface area contributed by atoms with E-state index >= 15 is 0 Å². The zero-order valence-electron chi connectivity index (χ0n) is 11.3. The molecule has 0 saturated heterocycles. The van der Waals surface area contributed by atoms with Crippen molar-refractivity contribution in [2.24, 2.45) is 5.92 Å². The van der Waals surface area contributed by atoms with E-state index in [1.807, 2.05) is 6.92 Å². The van der Waals surface area contributed by atoms with Gasteiger partial charge in [0.05, 0.1) is 6.20 Å². The van der Waals surface area contributed by atoms with E-state index in [1.54, 1.807) is 6.92 Å². The van der Waals surface area contributed by atoms with Crippen molar-refractivity contribution in [1.29, 1.82) is 0 Å². The van der Waals surface area contributed by atoms with Crippen LogP contribution < -0.4 is 5.32 Å². The van der Waals surface area contributed by atoms with Gasteiger partial charge in [0.1, 0.15) is 0 Å². The molecule has 0 fully saturated rings. The van der Waals surface area contributed by atoms with Gasteiger partial charge < -0.3 is 14.9 Å². The molecule has 0 radical (unpaired) electrons. The first-order chi connectivity index (χ1) is 9.04. The van der Waals surface area contributed by atoms with Crippen LogP contribution in [-0.2, 0) is 4.79 Å². The van der Waals surface area contributed by atoms with E-state index in [9.17, 15) is 9.59 Å². The van der Waals surface area contributed by atoms with Crippen LogP contribution in [0.4, 0.5) is 0 Å². The van der Waals surface area contributed by atoms with E-state index in [4.69, 9.17) is 9.63 Å². The van der Waals surface area contributed by atoms with Crippen LogP contribution in [0.5, 0.6) is 0 Å². The quantitative estimate of drug-likeness (QED) is 0.752. The van der Waals surface area contributed by atoms with Crippen LogP contribution >= 0.6 is 0 Å². The molecule has 6 heteroatoms. The number of aryl methyl sites for hydroxylation is 1. The first-order valence-corrected chi connectivity index (χ1v) is 6.45. The van der Waals surface area contributed by atoms with E-state index in [1.165, 1.54) is 6.20 Å². The molecule has 1 heterocycles. The summed E-state index contributed by atoms with van der Waals surface area (Å²) in [6.07, 6.45) is 3.99. The summed E-state index contributed by atoms with van der Waals surface area (Å²) in [4.78, 5) is 22.2. The fourth-order valence-electron chi connectivity index (χ4n) is 1.86.